The minimum atomic E-state index is -0.354. The number of carbonyl (C=O) groups is 1. The average Bonchev–Trinajstić information content (AvgIpc) is 2.76. The second-order valence-electron chi connectivity index (χ2n) is 6.73. The number of aromatic nitrogens is 2. The highest BCUT2D eigenvalue weighted by molar-refractivity contribution is 5.99. The lowest BCUT2D eigenvalue weighted by Crippen LogP contribution is -2.19. The zero-order valence-electron chi connectivity index (χ0n) is 16.3. The molecule has 0 fully saturated rings. The fourth-order valence-electron chi connectivity index (χ4n) is 3.25. The number of urea groups is 1. The normalized spacial score (nSPS) is 10.6. The summed E-state index contributed by atoms with van der Waals surface area (Å²) in [6.45, 7) is 0. The van der Waals surface area contributed by atoms with Crippen molar-refractivity contribution in [1.29, 1.82) is 0 Å². The lowest BCUT2D eigenvalue weighted by molar-refractivity contribution is 0.262. The van der Waals surface area contributed by atoms with E-state index in [1.165, 1.54) is 0 Å². The van der Waals surface area contributed by atoms with E-state index in [4.69, 9.17) is 4.74 Å². The number of anilines is 2. The Morgan fingerprint density at radius 2 is 1.63 bits per heavy atom. The van der Waals surface area contributed by atoms with Crippen LogP contribution in [0.5, 0.6) is 5.75 Å². The summed E-state index contributed by atoms with van der Waals surface area (Å²) in [6.07, 6.45) is 0.518. The first-order chi connectivity index (χ1) is 14.6. The molecule has 7 heteroatoms. The van der Waals surface area contributed by atoms with Gasteiger partial charge in [0.15, 0.2) is 0 Å². The van der Waals surface area contributed by atoms with E-state index in [-0.39, 0.29) is 11.6 Å². The Balaban J connectivity index is 1.50. The molecule has 7 nitrogen and oxygen atoms in total. The molecule has 2 amide bonds. The highest BCUT2D eigenvalue weighted by atomic mass is 16.5. The SMILES string of the molecule is COc1cccc(NC(=O)Nc2cccc(Cc3n[nH]c(=O)c4ccccc34)c2)c1. The zero-order valence-corrected chi connectivity index (χ0v) is 16.3. The topological polar surface area (TPSA) is 96.1 Å². The van der Waals surface area contributed by atoms with Crippen LogP contribution >= 0.6 is 0 Å². The van der Waals surface area contributed by atoms with Crippen molar-refractivity contribution in [3.05, 3.63) is 94.4 Å². The summed E-state index contributed by atoms with van der Waals surface area (Å²) >= 11 is 0. The Morgan fingerprint density at radius 3 is 2.40 bits per heavy atom. The molecule has 1 heterocycles. The Bertz CT molecular complexity index is 1270. The number of rotatable bonds is 5. The van der Waals surface area contributed by atoms with Crippen LogP contribution in [0.15, 0.2) is 77.6 Å². The third-order valence-electron chi connectivity index (χ3n) is 4.66. The zero-order chi connectivity index (χ0) is 20.9. The maximum absolute atomic E-state index is 12.3. The van der Waals surface area contributed by atoms with Crippen molar-refractivity contribution in [2.75, 3.05) is 17.7 Å². The van der Waals surface area contributed by atoms with Crippen LogP contribution < -0.4 is 20.9 Å². The van der Waals surface area contributed by atoms with Crippen molar-refractivity contribution in [1.82, 2.24) is 10.2 Å². The van der Waals surface area contributed by atoms with E-state index < -0.39 is 0 Å². The van der Waals surface area contributed by atoms with Gasteiger partial charge in [-0.3, -0.25) is 4.79 Å². The molecule has 30 heavy (non-hydrogen) atoms. The molecule has 0 spiro atoms. The molecule has 0 unspecified atom stereocenters. The molecule has 0 saturated carbocycles. The molecule has 1 aromatic heterocycles. The second kappa shape index (κ2) is 8.48. The molecule has 3 aromatic carbocycles. The predicted molar refractivity (Wildman–Crippen MR) is 117 cm³/mol. The molecule has 0 bridgehead atoms. The third kappa shape index (κ3) is 4.30. The number of nitrogens with one attached hydrogen (secondary N) is 3. The van der Waals surface area contributed by atoms with Gasteiger partial charge in [-0.25, -0.2) is 9.89 Å². The minimum Gasteiger partial charge on any atom is -0.497 e. The Kier molecular flexibility index (Phi) is 5.43. The first-order valence-electron chi connectivity index (χ1n) is 9.40. The van der Waals surface area contributed by atoms with Crippen molar-refractivity contribution in [2.45, 2.75) is 6.42 Å². The number of amides is 2. The Labute approximate surface area is 172 Å². The third-order valence-corrected chi connectivity index (χ3v) is 4.66. The van der Waals surface area contributed by atoms with E-state index >= 15 is 0 Å². The molecule has 0 aliphatic carbocycles. The van der Waals surface area contributed by atoms with Gasteiger partial charge in [-0.15, -0.1) is 0 Å². The summed E-state index contributed by atoms with van der Waals surface area (Å²) in [5, 5.41) is 13.8. The number of hydrogen-bond acceptors (Lipinski definition) is 4. The Hall–Kier alpha value is -4.13. The van der Waals surface area contributed by atoms with Gasteiger partial charge in [-0.1, -0.05) is 36.4 Å². The van der Waals surface area contributed by atoms with Crippen LogP contribution in [0.4, 0.5) is 16.2 Å². The van der Waals surface area contributed by atoms with E-state index in [1.54, 1.807) is 37.4 Å². The molecule has 150 valence electrons. The highest BCUT2D eigenvalue weighted by Gasteiger charge is 2.09. The molecular formula is C23H20N4O3. The Morgan fingerprint density at radius 1 is 0.933 bits per heavy atom. The van der Waals surface area contributed by atoms with E-state index in [0.717, 1.165) is 16.6 Å². The number of ether oxygens (including phenoxy) is 1. The van der Waals surface area contributed by atoms with E-state index in [2.05, 4.69) is 20.8 Å². The maximum atomic E-state index is 12.3. The summed E-state index contributed by atoms with van der Waals surface area (Å²) in [4.78, 5) is 24.3. The van der Waals surface area contributed by atoms with Crippen LogP contribution in [0.25, 0.3) is 10.8 Å². The first-order valence-corrected chi connectivity index (χ1v) is 9.40. The van der Waals surface area contributed by atoms with Crippen LogP contribution in [-0.4, -0.2) is 23.3 Å². The lowest BCUT2D eigenvalue weighted by Gasteiger charge is -2.10. The minimum absolute atomic E-state index is 0.209. The number of H-pyrrole nitrogens is 1. The van der Waals surface area contributed by atoms with Gasteiger partial charge >= 0.3 is 6.03 Å². The number of methoxy groups -OCH3 is 1. The van der Waals surface area contributed by atoms with Crippen LogP contribution in [-0.2, 0) is 6.42 Å². The van der Waals surface area contributed by atoms with Crippen LogP contribution in [0.3, 0.4) is 0 Å². The summed E-state index contributed by atoms with van der Waals surface area (Å²) in [6, 6.07) is 21.7. The average molecular weight is 400 g/mol. The number of fused-ring (bicyclic) bond motifs is 1. The van der Waals surface area contributed by atoms with Gasteiger partial charge in [0, 0.05) is 29.2 Å². The molecule has 0 atom stereocenters. The summed E-state index contributed by atoms with van der Waals surface area (Å²) in [7, 11) is 1.57. The van der Waals surface area contributed by atoms with Crippen molar-refractivity contribution in [2.24, 2.45) is 0 Å². The number of carbonyl (C=O) groups excluding carboxylic acids is 1. The maximum Gasteiger partial charge on any atom is 0.323 e. The van der Waals surface area contributed by atoms with E-state index in [0.29, 0.717) is 28.9 Å². The molecule has 0 radical (unpaired) electrons. The van der Waals surface area contributed by atoms with Gasteiger partial charge in [0.25, 0.3) is 5.56 Å². The van der Waals surface area contributed by atoms with Gasteiger partial charge in [-0.2, -0.15) is 5.10 Å². The molecule has 0 aliphatic heterocycles. The van der Waals surface area contributed by atoms with Crippen molar-refractivity contribution in [3.8, 4) is 5.75 Å². The second-order valence-corrected chi connectivity index (χ2v) is 6.73. The van der Waals surface area contributed by atoms with Gasteiger partial charge in [0.05, 0.1) is 18.2 Å². The standard InChI is InChI=1S/C23H20N4O3/c1-30-18-9-5-8-17(14-18)25-23(29)24-16-7-4-6-15(12-16)13-21-19-10-2-3-11-20(19)22(28)27-26-21/h2-12,14H,13H2,1H3,(H,27,28)(H2,24,25,29). The predicted octanol–water partition coefficient (Wildman–Crippen LogP) is 4.17. The van der Waals surface area contributed by atoms with Crippen molar-refractivity contribution < 1.29 is 9.53 Å². The van der Waals surface area contributed by atoms with E-state index in [1.807, 2.05) is 42.5 Å². The fraction of sp³-hybridized carbons (Fsp3) is 0.0870. The molecular weight excluding hydrogens is 380 g/mol. The number of nitrogens with zero attached hydrogens (tertiary/aromatic N) is 1. The van der Waals surface area contributed by atoms with Crippen molar-refractivity contribution >= 4 is 28.2 Å². The molecule has 4 rings (SSSR count). The molecule has 0 aliphatic rings. The first kappa shape index (κ1) is 19.2. The monoisotopic (exact) mass is 400 g/mol. The summed E-state index contributed by atoms with van der Waals surface area (Å²) < 4.78 is 5.17. The number of aromatic amines is 1. The smallest absolute Gasteiger partial charge is 0.323 e. The fourth-order valence-corrected chi connectivity index (χ4v) is 3.25. The molecule has 3 N–H and O–H groups in total. The van der Waals surface area contributed by atoms with Gasteiger partial charge in [0.1, 0.15) is 5.75 Å². The van der Waals surface area contributed by atoms with Crippen LogP contribution in [0.1, 0.15) is 11.3 Å². The van der Waals surface area contributed by atoms with Crippen molar-refractivity contribution in [3.63, 3.8) is 0 Å². The van der Waals surface area contributed by atoms with Gasteiger partial charge < -0.3 is 15.4 Å². The largest absolute Gasteiger partial charge is 0.497 e. The van der Waals surface area contributed by atoms with Gasteiger partial charge in [0.2, 0.25) is 0 Å². The number of benzene rings is 3. The quantitative estimate of drug-likeness (QED) is 0.469. The molecule has 0 saturated heterocycles. The van der Waals surface area contributed by atoms with E-state index in [9.17, 15) is 9.59 Å². The molecule has 4 aromatic rings. The van der Waals surface area contributed by atoms with Gasteiger partial charge in [-0.05, 0) is 35.9 Å². The summed E-state index contributed by atoms with van der Waals surface area (Å²) in [5.74, 6) is 0.662. The number of hydrogen-bond donors (Lipinski definition) is 3. The van der Waals surface area contributed by atoms with Crippen LogP contribution in [0.2, 0.25) is 0 Å². The van der Waals surface area contributed by atoms with Crippen LogP contribution in [0, 0.1) is 0 Å². The summed E-state index contributed by atoms with van der Waals surface area (Å²) in [5.41, 5.74) is 2.80. The lowest BCUT2D eigenvalue weighted by atomic mass is 10.0. The highest BCUT2D eigenvalue weighted by Crippen LogP contribution is 2.20.